The zero-order valence-electron chi connectivity index (χ0n) is 17.6. The minimum Gasteiger partial charge on any atom is -0.496 e. The van der Waals surface area contributed by atoms with Crippen LogP contribution in [0.3, 0.4) is 0 Å². The zero-order valence-corrected chi connectivity index (χ0v) is 20.0. The van der Waals surface area contributed by atoms with Crippen LogP contribution in [-0.2, 0) is 9.47 Å². The Kier molecular flexibility index (Phi) is 12.5. The first-order valence-electron chi connectivity index (χ1n) is 9.92. The van der Waals surface area contributed by atoms with E-state index in [4.69, 9.17) is 19.2 Å². The van der Waals surface area contributed by atoms with Crippen LogP contribution in [0.25, 0.3) is 0 Å². The summed E-state index contributed by atoms with van der Waals surface area (Å²) in [6.07, 6.45) is 1.14. The molecule has 1 aliphatic rings. The average Bonchev–Trinajstić information content (AvgIpc) is 3.17. The maximum Gasteiger partial charge on any atom is 0.193 e. The lowest BCUT2D eigenvalue weighted by molar-refractivity contribution is 0.0536. The maximum atomic E-state index is 5.70. The molecule has 28 heavy (non-hydrogen) atoms. The number of nitrogens with one attached hydrogen (secondary N) is 1. The largest absolute Gasteiger partial charge is 0.496 e. The molecular weight excluding hydrogens is 469 g/mol. The van der Waals surface area contributed by atoms with Crippen molar-refractivity contribution in [2.75, 3.05) is 60.2 Å². The van der Waals surface area contributed by atoms with E-state index in [2.05, 4.69) is 36.2 Å². The second kappa shape index (κ2) is 14.0. The number of ether oxygens (including phenoxy) is 3. The minimum absolute atomic E-state index is 0. The molecule has 0 radical (unpaired) electrons. The minimum atomic E-state index is 0. The Balaban J connectivity index is 0.00000392. The van der Waals surface area contributed by atoms with E-state index in [1.807, 2.05) is 12.1 Å². The number of hydrogen-bond donors (Lipinski definition) is 1. The first-order valence-corrected chi connectivity index (χ1v) is 9.92. The monoisotopic (exact) mass is 505 g/mol. The first-order chi connectivity index (χ1) is 13.2. The number of nitrogens with zero attached hydrogens (tertiary/aromatic N) is 2. The van der Waals surface area contributed by atoms with E-state index in [1.165, 1.54) is 5.56 Å². The Hall–Kier alpha value is -1.06. The third-order valence-electron chi connectivity index (χ3n) is 4.89. The summed E-state index contributed by atoms with van der Waals surface area (Å²) in [4.78, 5) is 7.26. The summed E-state index contributed by atoms with van der Waals surface area (Å²) in [5, 5.41) is 3.44. The zero-order chi connectivity index (χ0) is 19.5. The van der Waals surface area contributed by atoms with E-state index in [-0.39, 0.29) is 24.0 Å². The predicted molar refractivity (Wildman–Crippen MR) is 125 cm³/mol. The summed E-state index contributed by atoms with van der Waals surface area (Å²) in [5.41, 5.74) is 1.20. The van der Waals surface area contributed by atoms with E-state index >= 15 is 0 Å². The summed E-state index contributed by atoms with van der Waals surface area (Å²) in [5.74, 6) is 2.78. The lowest BCUT2D eigenvalue weighted by atomic mass is 10.0. The van der Waals surface area contributed by atoms with Gasteiger partial charge < -0.3 is 24.4 Å². The molecule has 2 rings (SSSR count). The van der Waals surface area contributed by atoms with Crippen LogP contribution in [0.2, 0.25) is 0 Å². The highest BCUT2D eigenvalue weighted by molar-refractivity contribution is 14.0. The summed E-state index contributed by atoms with van der Waals surface area (Å²) >= 11 is 0. The van der Waals surface area contributed by atoms with Gasteiger partial charge in [0.2, 0.25) is 0 Å². The molecule has 2 atom stereocenters. The summed E-state index contributed by atoms with van der Waals surface area (Å²) in [7, 11) is 3.42. The molecule has 1 saturated heterocycles. The topological polar surface area (TPSA) is 55.3 Å². The van der Waals surface area contributed by atoms with E-state index in [0.29, 0.717) is 25.0 Å². The van der Waals surface area contributed by atoms with Crippen molar-refractivity contribution in [3.63, 3.8) is 0 Å². The van der Waals surface area contributed by atoms with Gasteiger partial charge in [-0.3, -0.25) is 4.99 Å². The number of methoxy groups -OCH3 is 2. The molecule has 1 aromatic carbocycles. The first kappa shape index (κ1) is 25.0. The van der Waals surface area contributed by atoms with Crippen molar-refractivity contribution in [1.29, 1.82) is 0 Å². The number of benzene rings is 1. The van der Waals surface area contributed by atoms with Crippen LogP contribution in [0.4, 0.5) is 0 Å². The van der Waals surface area contributed by atoms with Crippen molar-refractivity contribution in [3.8, 4) is 5.75 Å². The Morgan fingerprint density at radius 3 is 2.79 bits per heavy atom. The Morgan fingerprint density at radius 1 is 1.29 bits per heavy atom. The molecule has 160 valence electrons. The Labute approximate surface area is 187 Å². The standard InChI is InChI=1S/C21H35N3O3.HI/c1-5-22-21(24-11-10-18(15-24)16-27-13-12-25-3)23-14-17(2)19-8-6-7-9-20(19)26-4;/h6-9,17-18H,5,10-16H2,1-4H3,(H,22,23);1H. The number of aliphatic imine (C=N–C) groups is 1. The van der Waals surface area contributed by atoms with Gasteiger partial charge in [0.15, 0.2) is 5.96 Å². The van der Waals surface area contributed by atoms with Crippen molar-refractivity contribution >= 4 is 29.9 Å². The smallest absolute Gasteiger partial charge is 0.193 e. The second-order valence-corrected chi connectivity index (χ2v) is 7.01. The van der Waals surface area contributed by atoms with Gasteiger partial charge in [-0.2, -0.15) is 0 Å². The highest BCUT2D eigenvalue weighted by Crippen LogP contribution is 2.26. The quantitative estimate of drug-likeness (QED) is 0.229. The van der Waals surface area contributed by atoms with Crippen molar-refractivity contribution in [2.24, 2.45) is 10.9 Å². The highest BCUT2D eigenvalue weighted by atomic mass is 127. The van der Waals surface area contributed by atoms with Crippen LogP contribution in [-0.4, -0.2) is 71.1 Å². The molecule has 1 aliphatic heterocycles. The summed E-state index contributed by atoms with van der Waals surface area (Å²) in [6.45, 7) is 10.0. The van der Waals surface area contributed by atoms with Crippen LogP contribution in [0.5, 0.6) is 5.75 Å². The number of rotatable bonds is 10. The molecule has 7 heteroatoms. The third-order valence-corrected chi connectivity index (χ3v) is 4.89. The van der Waals surface area contributed by atoms with Gasteiger partial charge in [0.25, 0.3) is 0 Å². The van der Waals surface area contributed by atoms with E-state index < -0.39 is 0 Å². The fourth-order valence-electron chi connectivity index (χ4n) is 3.37. The van der Waals surface area contributed by atoms with E-state index in [0.717, 1.165) is 50.9 Å². The normalized spacial score (nSPS) is 17.9. The van der Waals surface area contributed by atoms with Gasteiger partial charge in [0.1, 0.15) is 5.75 Å². The van der Waals surface area contributed by atoms with Gasteiger partial charge in [0, 0.05) is 45.1 Å². The molecule has 0 aliphatic carbocycles. The van der Waals surface area contributed by atoms with Crippen molar-refractivity contribution < 1.29 is 14.2 Å². The van der Waals surface area contributed by atoms with Crippen LogP contribution in [0.15, 0.2) is 29.3 Å². The molecule has 0 amide bonds. The van der Waals surface area contributed by atoms with Gasteiger partial charge in [-0.25, -0.2) is 0 Å². The van der Waals surface area contributed by atoms with Gasteiger partial charge in [-0.1, -0.05) is 25.1 Å². The molecule has 1 N–H and O–H groups in total. The third kappa shape index (κ3) is 7.75. The molecule has 0 aromatic heterocycles. The van der Waals surface area contributed by atoms with Crippen LogP contribution in [0.1, 0.15) is 31.7 Å². The summed E-state index contributed by atoms with van der Waals surface area (Å²) in [6, 6.07) is 8.18. The number of likely N-dealkylation sites (tertiary alicyclic amines) is 1. The fraction of sp³-hybridized carbons (Fsp3) is 0.667. The Bertz CT molecular complexity index is 586. The SMILES string of the molecule is CCNC(=NCC(C)c1ccccc1OC)N1CCC(COCCOC)C1.I. The van der Waals surface area contributed by atoms with Gasteiger partial charge >= 0.3 is 0 Å². The van der Waals surface area contributed by atoms with E-state index in [1.54, 1.807) is 14.2 Å². The van der Waals surface area contributed by atoms with Gasteiger partial charge in [-0.05, 0) is 25.0 Å². The fourth-order valence-corrected chi connectivity index (χ4v) is 3.37. The molecule has 2 unspecified atom stereocenters. The maximum absolute atomic E-state index is 5.70. The number of guanidine groups is 1. The predicted octanol–water partition coefficient (Wildman–Crippen LogP) is 3.37. The number of para-hydroxylation sites is 1. The van der Waals surface area contributed by atoms with Gasteiger partial charge in [0.05, 0.1) is 26.9 Å². The number of halogens is 1. The van der Waals surface area contributed by atoms with Crippen molar-refractivity contribution in [2.45, 2.75) is 26.2 Å². The second-order valence-electron chi connectivity index (χ2n) is 7.01. The lowest BCUT2D eigenvalue weighted by Crippen LogP contribution is -2.40. The van der Waals surface area contributed by atoms with E-state index in [9.17, 15) is 0 Å². The van der Waals surface area contributed by atoms with Crippen LogP contribution < -0.4 is 10.1 Å². The molecule has 6 nitrogen and oxygen atoms in total. The lowest BCUT2D eigenvalue weighted by Gasteiger charge is -2.22. The average molecular weight is 505 g/mol. The molecule has 0 saturated carbocycles. The molecule has 0 spiro atoms. The molecule has 1 fully saturated rings. The van der Waals surface area contributed by atoms with Crippen LogP contribution in [0, 0.1) is 5.92 Å². The number of hydrogen-bond acceptors (Lipinski definition) is 4. The van der Waals surface area contributed by atoms with Crippen LogP contribution >= 0.6 is 24.0 Å². The summed E-state index contributed by atoms with van der Waals surface area (Å²) < 4.78 is 16.2. The Morgan fingerprint density at radius 2 is 2.07 bits per heavy atom. The molecule has 0 bridgehead atoms. The van der Waals surface area contributed by atoms with Crippen molar-refractivity contribution in [1.82, 2.24) is 10.2 Å². The molecular formula is C21H36IN3O3. The van der Waals surface area contributed by atoms with Gasteiger partial charge in [-0.15, -0.1) is 24.0 Å². The highest BCUT2D eigenvalue weighted by Gasteiger charge is 2.25. The molecule has 1 aromatic rings. The van der Waals surface area contributed by atoms with Crippen molar-refractivity contribution in [3.05, 3.63) is 29.8 Å². The molecule has 1 heterocycles.